The molecule has 0 fully saturated rings. The number of aliphatic hydroxyl groups is 1. The van der Waals surface area contributed by atoms with Crippen LogP contribution in [0.4, 0.5) is 0 Å². The molecule has 0 aromatic rings. The van der Waals surface area contributed by atoms with Crippen LogP contribution in [0.15, 0.2) is 72.9 Å². The standard InChI is InChI=1S/C83H150O17P2/c1-5-9-13-17-21-25-29-33-36-38-41-44-47-51-55-59-63-67-80(85)93-73-78(99-82(87)69-65-61-57-53-49-43-32-28-24-20-16-12-8-4)75-97-101(89,90)95-71-77(84)72-96-102(91,92)98-76-79(100-83(88)70-66-62-58-54-50-46-40-35-31-27-23-19-15-11-7-3)74-94-81(86)68-64-60-56-52-48-45-42-39-37-34-30-26-22-18-14-10-6-2/h22-23,26-27,34-35,37,40,42,45,52,56,77-79,84H,5-21,24-25,28-33,36,38-39,41,43-44,46-51,53-55,57-76H2,1-4H3,(H,89,90)(H,91,92)/b26-22+,27-23-,37-34-,40-35+,45-42+,56-52+/t77-,78+,79+/m1/s1. The molecule has 0 spiro atoms. The Balaban J connectivity index is 5.36. The first-order valence-corrected chi connectivity index (χ1v) is 44.2. The molecule has 0 radical (unpaired) electrons. The van der Waals surface area contributed by atoms with Crippen LogP contribution >= 0.6 is 15.6 Å². The predicted molar refractivity (Wildman–Crippen MR) is 418 cm³/mol. The highest BCUT2D eigenvalue weighted by Crippen LogP contribution is 2.45. The smallest absolute Gasteiger partial charge is 0.462 e. The monoisotopic (exact) mass is 1480 g/mol. The van der Waals surface area contributed by atoms with E-state index in [0.717, 1.165) is 116 Å². The number of rotatable bonds is 78. The highest BCUT2D eigenvalue weighted by Gasteiger charge is 2.30. The molecule has 102 heavy (non-hydrogen) atoms. The fourth-order valence-corrected chi connectivity index (χ4v) is 12.9. The van der Waals surface area contributed by atoms with Crippen LogP contribution < -0.4 is 0 Å². The molecule has 0 aromatic heterocycles. The Labute approximate surface area is 622 Å². The van der Waals surface area contributed by atoms with Gasteiger partial charge in [0.1, 0.15) is 19.3 Å². The van der Waals surface area contributed by atoms with Gasteiger partial charge in [0.15, 0.2) is 12.2 Å². The van der Waals surface area contributed by atoms with Gasteiger partial charge in [-0.25, -0.2) is 9.13 Å². The number of esters is 4. The summed E-state index contributed by atoms with van der Waals surface area (Å²) in [7, 11) is -9.96. The van der Waals surface area contributed by atoms with Crippen molar-refractivity contribution in [3.63, 3.8) is 0 Å². The van der Waals surface area contributed by atoms with Crippen LogP contribution in [0, 0.1) is 0 Å². The Kier molecular flexibility index (Phi) is 73.1. The van der Waals surface area contributed by atoms with Gasteiger partial charge >= 0.3 is 39.5 Å². The summed E-state index contributed by atoms with van der Waals surface area (Å²) < 4.78 is 68.6. The van der Waals surface area contributed by atoms with Gasteiger partial charge < -0.3 is 33.8 Å². The summed E-state index contributed by atoms with van der Waals surface area (Å²) in [5, 5.41) is 10.6. The highest BCUT2D eigenvalue weighted by molar-refractivity contribution is 7.47. The average Bonchev–Trinajstić information content (AvgIpc) is 0.907. The maximum atomic E-state index is 13.1. The van der Waals surface area contributed by atoms with Gasteiger partial charge in [0.2, 0.25) is 0 Å². The molecular formula is C83H150O17P2. The minimum Gasteiger partial charge on any atom is -0.462 e. The Morgan fingerprint density at radius 2 is 0.490 bits per heavy atom. The zero-order valence-corrected chi connectivity index (χ0v) is 66.8. The molecule has 2 unspecified atom stereocenters. The van der Waals surface area contributed by atoms with Crippen molar-refractivity contribution in [2.75, 3.05) is 39.6 Å². The first kappa shape index (κ1) is 98.5. The van der Waals surface area contributed by atoms with E-state index < -0.39 is 97.5 Å². The van der Waals surface area contributed by atoms with Gasteiger partial charge in [0.25, 0.3) is 0 Å². The van der Waals surface area contributed by atoms with Crippen LogP contribution in [-0.4, -0.2) is 96.7 Å². The fourth-order valence-electron chi connectivity index (χ4n) is 11.4. The van der Waals surface area contributed by atoms with Gasteiger partial charge in [-0.3, -0.25) is 37.3 Å². The number of ether oxygens (including phenoxy) is 4. The van der Waals surface area contributed by atoms with Crippen LogP contribution in [0.5, 0.6) is 0 Å². The number of allylic oxidation sites excluding steroid dienone is 12. The van der Waals surface area contributed by atoms with Crippen LogP contribution in [0.2, 0.25) is 0 Å². The van der Waals surface area contributed by atoms with Crippen molar-refractivity contribution in [3.8, 4) is 0 Å². The van der Waals surface area contributed by atoms with E-state index in [1.165, 1.54) is 173 Å². The van der Waals surface area contributed by atoms with E-state index in [2.05, 4.69) is 88.5 Å². The lowest BCUT2D eigenvalue weighted by atomic mass is 10.0. The number of phosphoric acid groups is 2. The van der Waals surface area contributed by atoms with Crippen LogP contribution in [0.1, 0.15) is 374 Å². The minimum atomic E-state index is -4.99. The van der Waals surface area contributed by atoms with E-state index in [9.17, 15) is 43.2 Å². The number of unbranched alkanes of at least 4 members (excludes halogenated alkanes) is 40. The van der Waals surface area contributed by atoms with E-state index in [-0.39, 0.29) is 25.7 Å². The molecule has 0 aliphatic carbocycles. The number of hydrogen-bond donors (Lipinski definition) is 3. The molecule has 0 rings (SSSR count). The van der Waals surface area contributed by atoms with E-state index in [0.29, 0.717) is 32.1 Å². The summed E-state index contributed by atoms with van der Waals surface area (Å²) in [6, 6.07) is 0. The molecule has 0 saturated heterocycles. The zero-order valence-electron chi connectivity index (χ0n) is 65.0. The second-order valence-electron chi connectivity index (χ2n) is 27.7. The third kappa shape index (κ3) is 74.8. The van der Waals surface area contributed by atoms with Gasteiger partial charge in [-0.15, -0.1) is 0 Å². The molecule has 0 heterocycles. The molecule has 0 bridgehead atoms. The zero-order chi connectivity index (χ0) is 74.6. The molecule has 0 amide bonds. The highest BCUT2D eigenvalue weighted by atomic mass is 31.2. The van der Waals surface area contributed by atoms with E-state index in [1.807, 2.05) is 12.2 Å². The molecule has 19 heteroatoms. The maximum Gasteiger partial charge on any atom is 0.472 e. The van der Waals surface area contributed by atoms with Crippen molar-refractivity contribution in [2.45, 2.75) is 393 Å². The van der Waals surface area contributed by atoms with Crippen molar-refractivity contribution in [2.24, 2.45) is 0 Å². The van der Waals surface area contributed by atoms with Gasteiger partial charge in [0, 0.05) is 25.7 Å². The van der Waals surface area contributed by atoms with Gasteiger partial charge in [-0.2, -0.15) is 0 Å². The number of carbonyl (C=O) groups excluding carboxylic acids is 4. The summed E-state index contributed by atoms with van der Waals surface area (Å²) in [5.41, 5.74) is 0. The molecule has 594 valence electrons. The van der Waals surface area contributed by atoms with Crippen molar-refractivity contribution >= 4 is 39.5 Å². The molecule has 0 saturated carbocycles. The second kappa shape index (κ2) is 75.7. The SMILES string of the molecule is CCCCC/C=C\C/C=C/CCCCCCCC(=O)O[C@@H](COC(=O)CCC/C=C/C/C=C/C/C=C\C/C=C/CCCCC)COP(=O)(O)OC[C@H](O)COP(=O)(O)OC[C@H](COC(=O)CCCCCCCCCCCCCCCCCCC)OC(=O)CCCCCCCCCCCCCCC. The third-order valence-corrected chi connectivity index (χ3v) is 19.6. The first-order chi connectivity index (χ1) is 49.7. The van der Waals surface area contributed by atoms with Crippen LogP contribution in [0.25, 0.3) is 0 Å². The van der Waals surface area contributed by atoms with E-state index in [1.54, 1.807) is 0 Å². The normalized spacial score (nSPS) is 14.2. The molecule has 17 nitrogen and oxygen atoms in total. The van der Waals surface area contributed by atoms with Crippen LogP contribution in [-0.2, 0) is 65.4 Å². The lowest BCUT2D eigenvalue weighted by molar-refractivity contribution is -0.161. The van der Waals surface area contributed by atoms with Crippen LogP contribution in [0.3, 0.4) is 0 Å². The van der Waals surface area contributed by atoms with Crippen molar-refractivity contribution < 1.29 is 80.2 Å². The Bertz CT molecular complexity index is 2210. The predicted octanol–water partition coefficient (Wildman–Crippen LogP) is 24.0. The van der Waals surface area contributed by atoms with Crippen molar-refractivity contribution in [1.29, 1.82) is 0 Å². The molecule has 0 aliphatic rings. The molecule has 0 aromatic carbocycles. The molecule has 0 aliphatic heterocycles. The minimum absolute atomic E-state index is 0.0698. The van der Waals surface area contributed by atoms with E-state index in [4.69, 9.17) is 37.0 Å². The average molecular weight is 1480 g/mol. The van der Waals surface area contributed by atoms with Gasteiger partial charge in [-0.05, 0) is 96.3 Å². The number of carbonyl (C=O) groups is 4. The number of aliphatic hydroxyl groups excluding tert-OH is 1. The first-order valence-electron chi connectivity index (χ1n) is 41.2. The summed E-state index contributed by atoms with van der Waals surface area (Å²) in [6.45, 7) is 4.82. The summed E-state index contributed by atoms with van der Waals surface area (Å²) in [5.74, 6) is -2.22. The number of hydrogen-bond acceptors (Lipinski definition) is 15. The van der Waals surface area contributed by atoms with Gasteiger partial charge in [0.05, 0.1) is 26.4 Å². The lowest BCUT2D eigenvalue weighted by Crippen LogP contribution is -2.30. The summed E-state index contributed by atoms with van der Waals surface area (Å²) in [4.78, 5) is 73.0. The van der Waals surface area contributed by atoms with Crippen molar-refractivity contribution in [3.05, 3.63) is 72.9 Å². The molecule has 5 atom stereocenters. The summed E-state index contributed by atoms with van der Waals surface area (Å²) >= 11 is 0. The van der Waals surface area contributed by atoms with Gasteiger partial charge in [-0.1, -0.05) is 325 Å². The topological polar surface area (TPSA) is 237 Å². The van der Waals surface area contributed by atoms with Crippen molar-refractivity contribution in [1.82, 2.24) is 0 Å². The fraction of sp³-hybridized carbons (Fsp3) is 0.807. The Morgan fingerprint density at radius 1 is 0.275 bits per heavy atom. The molecular weight excluding hydrogens is 1330 g/mol. The largest absolute Gasteiger partial charge is 0.472 e. The van der Waals surface area contributed by atoms with E-state index >= 15 is 0 Å². The Hall–Kier alpha value is -3.50. The number of phosphoric ester groups is 2. The maximum absolute atomic E-state index is 13.1. The third-order valence-electron chi connectivity index (χ3n) is 17.7. The lowest BCUT2D eigenvalue weighted by Gasteiger charge is -2.21. The summed E-state index contributed by atoms with van der Waals surface area (Å²) in [6.07, 6.45) is 77.4. The molecule has 3 N–H and O–H groups in total. The Morgan fingerprint density at radius 3 is 0.794 bits per heavy atom. The second-order valence-corrected chi connectivity index (χ2v) is 30.6. The quantitative estimate of drug-likeness (QED) is 0.0169.